The summed E-state index contributed by atoms with van der Waals surface area (Å²) in [6.45, 7) is 1.10. The highest BCUT2D eigenvalue weighted by atomic mass is 19.1. The van der Waals surface area contributed by atoms with Gasteiger partial charge in [-0.25, -0.2) is 9.18 Å². The first-order chi connectivity index (χ1) is 12.4. The third-order valence-corrected chi connectivity index (χ3v) is 5.11. The monoisotopic (exact) mass is 361 g/mol. The second-order valence-electron chi connectivity index (χ2n) is 6.95. The minimum absolute atomic E-state index is 0.0263. The van der Waals surface area contributed by atoms with Crippen molar-refractivity contribution in [3.63, 3.8) is 0 Å². The summed E-state index contributed by atoms with van der Waals surface area (Å²) >= 11 is 0. The van der Waals surface area contributed by atoms with E-state index < -0.39 is 17.2 Å². The van der Waals surface area contributed by atoms with Gasteiger partial charge in [-0.15, -0.1) is 0 Å². The lowest BCUT2D eigenvalue weighted by molar-refractivity contribution is 0.0695. The smallest absolute Gasteiger partial charge is 0.341 e. The molecule has 0 radical (unpaired) electrons. The van der Waals surface area contributed by atoms with E-state index in [2.05, 4.69) is 0 Å². The largest absolute Gasteiger partial charge is 0.492 e. The maximum atomic E-state index is 14.9. The zero-order valence-electron chi connectivity index (χ0n) is 14.4. The molecule has 1 aliphatic heterocycles. The van der Waals surface area contributed by atoms with Crippen molar-refractivity contribution in [1.82, 2.24) is 4.57 Å². The predicted octanol–water partition coefficient (Wildman–Crippen LogP) is 1.72. The van der Waals surface area contributed by atoms with Crippen molar-refractivity contribution < 1.29 is 19.0 Å². The second kappa shape index (κ2) is 5.98. The number of anilines is 1. The number of pyridine rings is 1. The molecule has 4 rings (SSSR count). The Bertz CT molecular complexity index is 967. The maximum Gasteiger partial charge on any atom is 0.341 e. The van der Waals surface area contributed by atoms with Crippen LogP contribution in [0.5, 0.6) is 5.75 Å². The summed E-state index contributed by atoms with van der Waals surface area (Å²) in [6, 6.07) is 1.17. The molecule has 26 heavy (non-hydrogen) atoms. The maximum absolute atomic E-state index is 14.9. The van der Waals surface area contributed by atoms with Gasteiger partial charge in [0, 0.05) is 31.4 Å². The van der Waals surface area contributed by atoms with Gasteiger partial charge in [0.1, 0.15) is 11.3 Å². The van der Waals surface area contributed by atoms with Gasteiger partial charge >= 0.3 is 5.97 Å². The van der Waals surface area contributed by atoms with E-state index in [9.17, 15) is 19.1 Å². The molecule has 0 bridgehead atoms. The lowest BCUT2D eigenvalue weighted by Gasteiger charge is -2.24. The van der Waals surface area contributed by atoms with E-state index in [1.165, 1.54) is 13.3 Å². The number of fused-ring (bicyclic) bond motifs is 1. The van der Waals surface area contributed by atoms with Crippen LogP contribution in [0.1, 0.15) is 35.7 Å². The molecule has 1 aromatic carbocycles. The van der Waals surface area contributed by atoms with Crippen molar-refractivity contribution in [2.24, 2.45) is 5.73 Å². The Morgan fingerprint density at radius 2 is 2.12 bits per heavy atom. The van der Waals surface area contributed by atoms with E-state index >= 15 is 0 Å². The molecule has 0 unspecified atom stereocenters. The summed E-state index contributed by atoms with van der Waals surface area (Å²) < 4.78 is 22.2. The number of nitrogens with zero attached hydrogens (tertiary/aromatic N) is 2. The number of carboxylic acids is 1. The minimum atomic E-state index is -1.32. The summed E-state index contributed by atoms with van der Waals surface area (Å²) in [5.74, 6) is -1.67. The molecule has 0 amide bonds. The standard InChI is InChI=1S/C18H20FN3O4/c1-26-17-14-11(6-13(19)15(17)21-5-4-9(20)7-21)16(23)12(18(24)25)8-22(14)10-2-3-10/h6,8-10H,2-5,7,20H2,1H3,(H,24,25)/t9-/m0/s1. The van der Waals surface area contributed by atoms with Gasteiger partial charge in [0.25, 0.3) is 0 Å². The fourth-order valence-electron chi connectivity index (χ4n) is 3.71. The van der Waals surface area contributed by atoms with Gasteiger partial charge in [0.05, 0.1) is 18.0 Å². The second-order valence-corrected chi connectivity index (χ2v) is 6.95. The molecule has 2 aliphatic rings. The fraction of sp³-hybridized carbons (Fsp3) is 0.444. The zero-order valence-corrected chi connectivity index (χ0v) is 14.4. The highest BCUT2D eigenvalue weighted by Gasteiger charge is 2.32. The molecule has 0 spiro atoms. The van der Waals surface area contributed by atoms with Crippen molar-refractivity contribution in [2.75, 3.05) is 25.1 Å². The van der Waals surface area contributed by atoms with Gasteiger partial charge in [-0.1, -0.05) is 0 Å². The first-order valence-electron chi connectivity index (χ1n) is 8.61. The van der Waals surface area contributed by atoms with E-state index in [0.29, 0.717) is 18.6 Å². The number of hydrogen-bond donors (Lipinski definition) is 2. The van der Waals surface area contributed by atoms with Crippen molar-refractivity contribution in [1.29, 1.82) is 0 Å². The molecule has 1 saturated carbocycles. The summed E-state index contributed by atoms with van der Waals surface area (Å²) in [7, 11) is 1.43. The summed E-state index contributed by atoms with van der Waals surface area (Å²) in [6.07, 6.45) is 3.85. The SMILES string of the molecule is COc1c(N2CC[C@H](N)C2)c(F)cc2c(=O)c(C(=O)O)cn(C3CC3)c12. The van der Waals surface area contributed by atoms with Crippen LogP contribution in [-0.2, 0) is 0 Å². The molecular weight excluding hydrogens is 341 g/mol. The van der Waals surface area contributed by atoms with Crippen LogP contribution in [0.3, 0.4) is 0 Å². The summed E-state index contributed by atoms with van der Waals surface area (Å²) in [5, 5.41) is 9.37. The number of methoxy groups -OCH3 is 1. The Labute approximate surface area is 148 Å². The van der Waals surface area contributed by atoms with Crippen LogP contribution in [-0.4, -0.2) is 41.9 Å². The molecule has 138 valence electrons. The van der Waals surface area contributed by atoms with E-state index in [0.717, 1.165) is 25.3 Å². The Kier molecular flexibility index (Phi) is 3.87. The lowest BCUT2D eigenvalue weighted by atomic mass is 10.1. The number of nitrogens with two attached hydrogens (primary N) is 1. The molecule has 7 nitrogen and oxygen atoms in total. The van der Waals surface area contributed by atoms with E-state index in [1.54, 1.807) is 4.57 Å². The zero-order chi connectivity index (χ0) is 18.6. The van der Waals surface area contributed by atoms with Gasteiger partial charge in [-0.2, -0.15) is 0 Å². The van der Waals surface area contributed by atoms with Crippen LogP contribution >= 0.6 is 0 Å². The lowest BCUT2D eigenvalue weighted by Crippen LogP contribution is -2.28. The molecule has 8 heteroatoms. The van der Waals surface area contributed by atoms with Crippen molar-refractivity contribution in [3.05, 3.63) is 33.9 Å². The number of benzene rings is 1. The molecule has 1 saturated heterocycles. The summed E-state index contributed by atoms with van der Waals surface area (Å²) in [4.78, 5) is 25.9. The van der Waals surface area contributed by atoms with Crippen LogP contribution < -0.4 is 20.8 Å². The Morgan fingerprint density at radius 1 is 1.38 bits per heavy atom. The van der Waals surface area contributed by atoms with Crippen molar-refractivity contribution in [2.45, 2.75) is 31.3 Å². The van der Waals surface area contributed by atoms with E-state index in [4.69, 9.17) is 10.5 Å². The number of aromatic carboxylic acids is 1. The number of carboxylic acid groups (broad SMARTS) is 1. The molecule has 2 fully saturated rings. The van der Waals surface area contributed by atoms with E-state index in [1.807, 2.05) is 4.90 Å². The average Bonchev–Trinajstić information content (AvgIpc) is 3.35. The number of hydrogen-bond acceptors (Lipinski definition) is 5. The highest BCUT2D eigenvalue weighted by Crippen LogP contribution is 2.44. The van der Waals surface area contributed by atoms with Crippen molar-refractivity contribution in [3.8, 4) is 5.75 Å². The van der Waals surface area contributed by atoms with Crippen molar-refractivity contribution >= 4 is 22.6 Å². The van der Waals surface area contributed by atoms with Crippen LogP contribution in [0, 0.1) is 5.82 Å². The number of halogens is 1. The Hall–Kier alpha value is -2.61. The van der Waals surface area contributed by atoms with Crippen LogP contribution in [0.4, 0.5) is 10.1 Å². The molecule has 2 heterocycles. The van der Waals surface area contributed by atoms with Crippen LogP contribution in [0.25, 0.3) is 10.9 Å². The fourth-order valence-corrected chi connectivity index (χ4v) is 3.71. The topological polar surface area (TPSA) is 97.8 Å². The van der Waals surface area contributed by atoms with Crippen LogP contribution in [0.15, 0.2) is 17.1 Å². The Balaban J connectivity index is 2.06. The number of aromatic nitrogens is 1. The molecule has 1 aromatic heterocycles. The third-order valence-electron chi connectivity index (χ3n) is 5.11. The van der Waals surface area contributed by atoms with Gasteiger partial charge in [-0.05, 0) is 25.3 Å². The minimum Gasteiger partial charge on any atom is -0.492 e. The normalized spacial score (nSPS) is 20.0. The molecular formula is C18H20FN3O4. The first-order valence-corrected chi connectivity index (χ1v) is 8.61. The summed E-state index contributed by atoms with van der Waals surface area (Å²) in [5.41, 5.74) is 5.62. The molecule has 1 atom stereocenters. The van der Waals surface area contributed by atoms with Gasteiger partial charge < -0.3 is 25.0 Å². The third kappa shape index (κ3) is 2.52. The van der Waals surface area contributed by atoms with Crippen LogP contribution in [0.2, 0.25) is 0 Å². The average molecular weight is 361 g/mol. The predicted molar refractivity (Wildman–Crippen MR) is 94.8 cm³/mol. The number of rotatable bonds is 4. The molecule has 1 aliphatic carbocycles. The molecule has 2 aromatic rings. The Morgan fingerprint density at radius 3 is 2.65 bits per heavy atom. The van der Waals surface area contributed by atoms with Gasteiger partial charge in [0.2, 0.25) is 5.43 Å². The molecule has 3 N–H and O–H groups in total. The number of carbonyl (C=O) groups is 1. The van der Waals surface area contributed by atoms with E-state index in [-0.39, 0.29) is 34.5 Å². The van der Waals surface area contributed by atoms with Gasteiger partial charge in [-0.3, -0.25) is 4.79 Å². The first kappa shape index (κ1) is 16.8. The van der Waals surface area contributed by atoms with Gasteiger partial charge in [0.15, 0.2) is 11.6 Å². The quantitative estimate of drug-likeness (QED) is 0.861. The number of ether oxygens (including phenoxy) is 1. The highest BCUT2D eigenvalue weighted by molar-refractivity contribution is 5.97.